The third-order valence-corrected chi connectivity index (χ3v) is 6.41. The number of allylic oxidation sites excluding steroid dienone is 1. The standard InChI is InChI=1S/C32H22O7/c1-35-21-13-15-26-24(17-21)29(31(39-26)19-8-4-3-5-9-19)32(34)37-22-12-14-23-27(18-22)38-28(30(23)33)16-20-10-6-7-11-25(20)36-2/h3-18H,1-2H3/b28-16-. The molecule has 39 heavy (non-hydrogen) atoms. The summed E-state index contributed by atoms with van der Waals surface area (Å²) in [7, 11) is 3.12. The Morgan fingerprint density at radius 3 is 2.38 bits per heavy atom. The number of hydrogen-bond acceptors (Lipinski definition) is 7. The van der Waals surface area contributed by atoms with Crippen molar-refractivity contribution in [3.8, 4) is 34.3 Å². The van der Waals surface area contributed by atoms with Gasteiger partial charge in [0.05, 0.1) is 19.8 Å². The molecule has 0 fully saturated rings. The Bertz CT molecular complexity index is 1760. The van der Waals surface area contributed by atoms with Gasteiger partial charge in [0.1, 0.15) is 39.9 Å². The molecule has 5 aromatic rings. The number of carbonyl (C=O) groups excluding carboxylic acids is 2. The van der Waals surface area contributed by atoms with E-state index in [0.29, 0.717) is 45.1 Å². The van der Waals surface area contributed by atoms with Gasteiger partial charge >= 0.3 is 5.97 Å². The van der Waals surface area contributed by atoms with Crippen LogP contribution in [0.2, 0.25) is 0 Å². The van der Waals surface area contributed by atoms with Crippen molar-refractivity contribution in [2.24, 2.45) is 0 Å². The summed E-state index contributed by atoms with van der Waals surface area (Å²) in [6, 6.07) is 26.6. The molecule has 0 unspecified atom stereocenters. The average Bonchev–Trinajstić information content (AvgIpc) is 3.50. The molecule has 6 rings (SSSR count). The number of methoxy groups -OCH3 is 2. The van der Waals surface area contributed by atoms with E-state index in [1.807, 2.05) is 48.5 Å². The Labute approximate surface area is 223 Å². The minimum Gasteiger partial charge on any atom is -0.497 e. The van der Waals surface area contributed by atoms with Crippen molar-refractivity contribution < 1.29 is 33.0 Å². The zero-order valence-corrected chi connectivity index (χ0v) is 21.1. The molecular formula is C32H22O7. The van der Waals surface area contributed by atoms with E-state index in [2.05, 4.69) is 0 Å². The van der Waals surface area contributed by atoms with Gasteiger partial charge in [-0.25, -0.2) is 4.79 Å². The number of furan rings is 1. The molecule has 0 saturated carbocycles. The Morgan fingerprint density at radius 2 is 1.59 bits per heavy atom. The van der Waals surface area contributed by atoms with Gasteiger partial charge in [0, 0.05) is 22.6 Å². The van der Waals surface area contributed by atoms with E-state index < -0.39 is 5.97 Å². The van der Waals surface area contributed by atoms with E-state index in [0.717, 1.165) is 5.56 Å². The van der Waals surface area contributed by atoms with Crippen LogP contribution in [0.15, 0.2) is 101 Å². The second kappa shape index (κ2) is 9.87. The van der Waals surface area contributed by atoms with Gasteiger partial charge < -0.3 is 23.4 Å². The zero-order chi connectivity index (χ0) is 26.9. The quantitative estimate of drug-likeness (QED) is 0.137. The maximum absolute atomic E-state index is 13.6. The van der Waals surface area contributed by atoms with E-state index in [-0.39, 0.29) is 22.9 Å². The first-order valence-electron chi connectivity index (χ1n) is 12.1. The number of para-hydroxylation sites is 1. The lowest BCUT2D eigenvalue weighted by molar-refractivity contribution is 0.0736. The summed E-state index contributed by atoms with van der Waals surface area (Å²) >= 11 is 0. The second-order valence-electron chi connectivity index (χ2n) is 8.76. The van der Waals surface area contributed by atoms with E-state index in [1.165, 1.54) is 6.07 Å². The first-order valence-corrected chi connectivity index (χ1v) is 12.1. The van der Waals surface area contributed by atoms with Crippen LogP contribution >= 0.6 is 0 Å². The highest BCUT2D eigenvalue weighted by Gasteiger charge is 2.29. The Hall–Kier alpha value is -5.30. The third kappa shape index (κ3) is 4.40. The summed E-state index contributed by atoms with van der Waals surface area (Å²) in [5.41, 5.74) is 2.60. The van der Waals surface area contributed by atoms with Gasteiger partial charge in [0.15, 0.2) is 5.76 Å². The lowest BCUT2D eigenvalue weighted by atomic mass is 10.1. The van der Waals surface area contributed by atoms with E-state index in [1.54, 1.807) is 56.7 Å². The molecule has 0 saturated heterocycles. The number of Topliss-reactive ketones (excluding diaryl/α,β-unsaturated/α-hetero) is 1. The minimum atomic E-state index is -0.616. The molecule has 1 aliphatic rings. The van der Waals surface area contributed by atoms with Crippen LogP contribution in [0.3, 0.4) is 0 Å². The highest BCUT2D eigenvalue weighted by molar-refractivity contribution is 6.15. The predicted molar refractivity (Wildman–Crippen MR) is 146 cm³/mol. The van der Waals surface area contributed by atoms with Crippen molar-refractivity contribution in [1.29, 1.82) is 0 Å². The summed E-state index contributed by atoms with van der Waals surface area (Å²) in [5.74, 6) is 1.37. The topological polar surface area (TPSA) is 84.2 Å². The molecule has 1 aromatic heterocycles. The van der Waals surface area contributed by atoms with Crippen LogP contribution in [0.1, 0.15) is 26.3 Å². The minimum absolute atomic E-state index is 0.150. The van der Waals surface area contributed by atoms with Crippen LogP contribution in [0.25, 0.3) is 28.4 Å². The maximum atomic E-state index is 13.6. The lowest BCUT2D eigenvalue weighted by Crippen LogP contribution is -2.09. The van der Waals surface area contributed by atoms with Crippen LogP contribution < -0.4 is 18.9 Å². The fourth-order valence-electron chi connectivity index (χ4n) is 4.51. The van der Waals surface area contributed by atoms with Gasteiger partial charge in [-0.2, -0.15) is 0 Å². The fraction of sp³-hybridized carbons (Fsp3) is 0.0625. The average molecular weight is 519 g/mol. The monoisotopic (exact) mass is 518 g/mol. The first kappa shape index (κ1) is 24.1. The van der Waals surface area contributed by atoms with Crippen molar-refractivity contribution in [3.63, 3.8) is 0 Å². The lowest BCUT2D eigenvalue weighted by Gasteiger charge is -2.07. The van der Waals surface area contributed by atoms with Crippen molar-refractivity contribution in [1.82, 2.24) is 0 Å². The zero-order valence-electron chi connectivity index (χ0n) is 21.1. The molecule has 2 heterocycles. The summed E-state index contributed by atoms with van der Waals surface area (Å²) in [6.45, 7) is 0. The number of esters is 1. The molecule has 4 aromatic carbocycles. The molecule has 192 valence electrons. The summed E-state index contributed by atoms with van der Waals surface area (Å²) in [5, 5.41) is 0.563. The van der Waals surface area contributed by atoms with Gasteiger partial charge in [0.25, 0.3) is 0 Å². The second-order valence-corrected chi connectivity index (χ2v) is 8.76. The van der Waals surface area contributed by atoms with Crippen LogP contribution in [-0.4, -0.2) is 26.0 Å². The number of fused-ring (bicyclic) bond motifs is 2. The predicted octanol–water partition coefficient (Wildman–Crippen LogP) is 6.95. The molecule has 0 N–H and O–H groups in total. The molecule has 0 atom stereocenters. The summed E-state index contributed by atoms with van der Waals surface area (Å²) < 4.78 is 28.4. The fourth-order valence-corrected chi connectivity index (χ4v) is 4.51. The van der Waals surface area contributed by atoms with Gasteiger partial charge in [-0.3, -0.25) is 4.79 Å². The van der Waals surface area contributed by atoms with E-state index >= 15 is 0 Å². The number of hydrogen-bond donors (Lipinski definition) is 0. The van der Waals surface area contributed by atoms with Crippen molar-refractivity contribution in [3.05, 3.63) is 113 Å². The normalized spacial score (nSPS) is 13.3. The Morgan fingerprint density at radius 1 is 0.821 bits per heavy atom. The van der Waals surface area contributed by atoms with E-state index in [9.17, 15) is 9.59 Å². The molecular weight excluding hydrogens is 496 g/mol. The Balaban J connectivity index is 1.34. The molecule has 1 aliphatic heterocycles. The van der Waals surface area contributed by atoms with Crippen LogP contribution in [0.5, 0.6) is 23.0 Å². The molecule has 7 nitrogen and oxygen atoms in total. The van der Waals surface area contributed by atoms with Crippen LogP contribution in [0.4, 0.5) is 0 Å². The van der Waals surface area contributed by atoms with Crippen molar-refractivity contribution in [2.45, 2.75) is 0 Å². The Kier molecular flexibility index (Phi) is 6.09. The maximum Gasteiger partial charge on any atom is 0.348 e. The smallest absolute Gasteiger partial charge is 0.348 e. The molecule has 0 spiro atoms. The van der Waals surface area contributed by atoms with Crippen LogP contribution in [0, 0.1) is 0 Å². The summed E-state index contributed by atoms with van der Waals surface area (Å²) in [6.07, 6.45) is 1.63. The third-order valence-electron chi connectivity index (χ3n) is 6.41. The van der Waals surface area contributed by atoms with Crippen molar-refractivity contribution >= 4 is 28.8 Å². The molecule has 0 aliphatic carbocycles. The number of ketones is 1. The largest absolute Gasteiger partial charge is 0.497 e. The number of rotatable bonds is 6. The van der Waals surface area contributed by atoms with E-state index in [4.69, 9.17) is 23.4 Å². The van der Waals surface area contributed by atoms with Crippen LogP contribution in [-0.2, 0) is 0 Å². The molecule has 0 bridgehead atoms. The molecule has 7 heteroatoms. The summed E-state index contributed by atoms with van der Waals surface area (Å²) in [4.78, 5) is 26.5. The first-order chi connectivity index (χ1) is 19.1. The highest BCUT2D eigenvalue weighted by atomic mass is 16.5. The number of carbonyl (C=O) groups is 2. The number of benzene rings is 4. The van der Waals surface area contributed by atoms with Gasteiger partial charge in [-0.1, -0.05) is 48.5 Å². The SMILES string of the molecule is COc1ccc2oc(-c3ccccc3)c(C(=O)Oc3ccc4c(c3)O/C(=C\c3ccccc3OC)C4=O)c2c1. The molecule has 0 amide bonds. The van der Waals surface area contributed by atoms with Gasteiger partial charge in [0.2, 0.25) is 5.78 Å². The molecule has 0 radical (unpaired) electrons. The van der Waals surface area contributed by atoms with Crippen molar-refractivity contribution in [2.75, 3.05) is 14.2 Å². The number of ether oxygens (including phenoxy) is 4. The van der Waals surface area contributed by atoms with Gasteiger partial charge in [-0.05, 0) is 42.5 Å². The van der Waals surface area contributed by atoms with Gasteiger partial charge in [-0.15, -0.1) is 0 Å². The highest BCUT2D eigenvalue weighted by Crippen LogP contribution is 2.38.